The maximum Gasteiger partial charge on any atom is 0.356 e. The minimum absolute atomic E-state index is 0.0589. The number of rotatable bonds is 5. The first-order chi connectivity index (χ1) is 7.52. The summed E-state index contributed by atoms with van der Waals surface area (Å²) >= 11 is 0. The Kier molecular flexibility index (Phi) is 4.04. The van der Waals surface area contributed by atoms with Crippen LogP contribution in [-0.4, -0.2) is 32.6 Å². The average molecular weight is 225 g/mol. The zero-order chi connectivity index (χ0) is 12.1. The van der Waals surface area contributed by atoms with Gasteiger partial charge in [-0.1, -0.05) is 6.92 Å². The summed E-state index contributed by atoms with van der Waals surface area (Å²) in [6.07, 6.45) is 3.52. The summed E-state index contributed by atoms with van der Waals surface area (Å²) in [4.78, 5) is 25.7. The fraction of sp³-hybridized carbons (Fsp3) is 0.500. The van der Waals surface area contributed by atoms with Gasteiger partial charge in [0.05, 0.1) is 6.33 Å². The number of carbonyl (C=O) groups excluding carboxylic acids is 1. The van der Waals surface area contributed by atoms with Gasteiger partial charge in [0.2, 0.25) is 5.91 Å². The van der Waals surface area contributed by atoms with E-state index in [9.17, 15) is 9.59 Å². The van der Waals surface area contributed by atoms with Crippen molar-refractivity contribution in [2.45, 2.75) is 32.9 Å². The number of aromatic nitrogens is 2. The summed E-state index contributed by atoms with van der Waals surface area (Å²) < 4.78 is 1.45. The lowest BCUT2D eigenvalue weighted by Gasteiger charge is -2.11. The van der Waals surface area contributed by atoms with Crippen molar-refractivity contribution in [2.24, 2.45) is 0 Å². The van der Waals surface area contributed by atoms with Crippen LogP contribution in [-0.2, 0) is 11.3 Å². The first-order valence-corrected chi connectivity index (χ1v) is 5.07. The first kappa shape index (κ1) is 12.2. The lowest BCUT2D eigenvalue weighted by atomic mass is 10.2. The SMILES string of the molecule is CCC(C)NC(=O)Cn1cnc(C(=O)O)c1. The van der Waals surface area contributed by atoms with Crippen LogP contribution in [0, 0.1) is 0 Å². The Balaban J connectivity index is 2.53. The molecule has 0 spiro atoms. The second-order valence-electron chi connectivity index (χ2n) is 3.61. The van der Waals surface area contributed by atoms with Gasteiger partial charge < -0.3 is 15.0 Å². The summed E-state index contributed by atoms with van der Waals surface area (Å²) in [6.45, 7) is 3.98. The Bertz CT molecular complexity index is 386. The molecule has 1 aromatic rings. The summed E-state index contributed by atoms with van der Waals surface area (Å²) in [5.41, 5.74) is -0.0589. The van der Waals surface area contributed by atoms with E-state index in [-0.39, 0.29) is 24.2 Å². The fourth-order valence-electron chi connectivity index (χ4n) is 1.15. The highest BCUT2D eigenvalue weighted by Gasteiger charge is 2.09. The van der Waals surface area contributed by atoms with Crippen LogP contribution in [0.5, 0.6) is 0 Å². The van der Waals surface area contributed by atoms with E-state index in [0.717, 1.165) is 6.42 Å². The van der Waals surface area contributed by atoms with Crippen LogP contribution in [0.1, 0.15) is 30.8 Å². The number of hydrogen-bond donors (Lipinski definition) is 2. The largest absolute Gasteiger partial charge is 0.476 e. The number of carbonyl (C=O) groups is 2. The van der Waals surface area contributed by atoms with Crippen LogP contribution in [0.25, 0.3) is 0 Å². The van der Waals surface area contributed by atoms with E-state index in [1.807, 2.05) is 13.8 Å². The molecular weight excluding hydrogens is 210 g/mol. The highest BCUT2D eigenvalue weighted by atomic mass is 16.4. The Hall–Kier alpha value is -1.85. The number of nitrogens with one attached hydrogen (secondary N) is 1. The Morgan fingerprint density at radius 3 is 2.81 bits per heavy atom. The molecule has 0 saturated carbocycles. The second-order valence-corrected chi connectivity index (χ2v) is 3.61. The van der Waals surface area contributed by atoms with E-state index in [0.29, 0.717) is 0 Å². The van der Waals surface area contributed by atoms with E-state index in [1.54, 1.807) is 0 Å². The van der Waals surface area contributed by atoms with Crippen molar-refractivity contribution in [3.8, 4) is 0 Å². The van der Waals surface area contributed by atoms with Crippen molar-refractivity contribution in [3.05, 3.63) is 18.2 Å². The molecule has 0 aliphatic rings. The van der Waals surface area contributed by atoms with Crippen LogP contribution in [0.2, 0.25) is 0 Å². The molecule has 1 heterocycles. The molecule has 1 unspecified atom stereocenters. The van der Waals surface area contributed by atoms with Gasteiger partial charge in [-0.2, -0.15) is 0 Å². The number of amides is 1. The molecule has 1 atom stereocenters. The highest BCUT2D eigenvalue weighted by Crippen LogP contribution is 1.96. The lowest BCUT2D eigenvalue weighted by molar-refractivity contribution is -0.122. The van der Waals surface area contributed by atoms with Crippen molar-refractivity contribution in [3.63, 3.8) is 0 Å². The fourth-order valence-corrected chi connectivity index (χ4v) is 1.15. The van der Waals surface area contributed by atoms with Gasteiger partial charge in [0, 0.05) is 12.2 Å². The molecule has 0 aliphatic carbocycles. The van der Waals surface area contributed by atoms with Crippen molar-refractivity contribution < 1.29 is 14.7 Å². The summed E-state index contributed by atoms with van der Waals surface area (Å²) in [5.74, 6) is -1.25. The normalized spacial score (nSPS) is 12.1. The first-order valence-electron chi connectivity index (χ1n) is 5.07. The molecule has 0 saturated heterocycles. The van der Waals surface area contributed by atoms with Gasteiger partial charge >= 0.3 is 5.97 Å². The van der Waals surface area contributed by atoms with Crippen molar-refractivity contribution >= 4 is 11.9 Å². The number of aromatic carboxylic acids is 1. The standard InChI is InChI=1S/C10H15N3O3/c1-3-7(2)12-9(14)5-13-4-8(10(15)16)11-6-13/h4,6-7H,3,5H2,1-2H3,(H,12,14)(H,15,16). The summed E-state index contributed by atoms with van der Waals surface area (Å²) in [6, 6.07) is 0.120. The molecule has 0 aliphatic heterocycles. The number of hydrogen-bond acceptors (Lipinski definition) is 3. The minimum atomic E-state index is -1.10. The van der Waals surface area contributed by atoms with Crippen molar-refractivity contribution in [2.75, 3.05) is 0 Å². The summed E-state index contributed by atoms with van der Waals surface area (Å²) in [7, 11) is 0. The zero-order valence-corrected chi connectivity index (χ0v) is 9.30. The third kappa shape index (κ3) is 3.38. The van der Waals surface area contributed by atoms with Gasteiger partial charge in [0.15, 0.2) is 5.69 Å². The van der Waals surface area contributed by atoms with Gasteiger partial charge in [-0.15, -0.1) is 0 Å². The van der Waals surface area contributed by atoms with Gasteiger partial charge in [-0.05, 0) is 13.3 Å². The molecular formula is C10H15N3O3. The molecule has 0 aromatic carbocycles. The predicted octanol–water partition coefficient (Wildman–Crippen LogP) is 0.496. The second kappa shape index (κ2) is 5.29. The van der Waals surface area contributed by atoms with Gasteiger partial charge in [0.1, 0.15) is 6.54 Å². The van der Waals surface area contributed by atoms with Crippen LogP contribution in [0.3, 0.4) is 0 Å². The Labute approximate surface area is 93.3 Å². The quantitative estimate of drug-likeness (QED) is 0.764. The number of carboxylic acids is 1. The van der Waals surface area contributed by atoms with Crippen molar-refractivity contribution in [1.82, 2.24) is 14.9 Å². The Morgan fingerprint density at radius 1 is 1.62 bits per heavy atom. The molecule has 0 bridgehead atoms. The van der Waals surface area contributed by atoms with E-state index in [2.05, 4.69) is 10.3 Å². The number of nitrogens with zero attached hydrogens (tertiary/aromatic N) is 2. The maximum absolute atomic E-state index is 11.5. The smallest absolute Gasteiger partial charge is 0.356 e. The molecule has 88 valence electrons. The number of imidazole rings is 1. The van der Waals surface area contributed by atoms with E-state index in [1.165, 1.54) is 17.1 Å². The molecule has 2 N–H and O–H groups in total. The molecule has 0 fully saturated rings. The molecule has 1 aromatic heterocycles. The third-order valence-corrected chi connectivity index (χ3v) is 2.20. The van der Waals surface area contributed by atoms with Crippen molar-refractivity contribution in [1.29, 1.82) is 0 Å². The minimum Gasteiger partial charge on any atom is -0.476 e. The predicted molar refractivity (Wildman–Crippen MR) is 57.1 cm³/mol. The molecule has 0 radical (unpaired) electrons. The molecule has 16 heavy (non-hydrogen) atoms. The molecule has 6 nitrogen and oxygen atoms in total. The molecule has 6 heteroatoms. The zero-order valence-electron chi connectivity index (χ0n) is 9.30. The maximum atomic E-state index is 11.5. The Morgan fingerprint density at radius 2 is 2.31 bits per heavy atom. The lowest BCUT2D eigenvalue weighted by Crippen LogP contribution is -2.34. The molecule has 1 rings (SSSR count). The average Bonchev–Trinajstić information content (AvgIpc) is 2.65. The summed E-state index contributed by atoms with van der Waals surface area (Å²) in [5, 5.41) is 11.4. The van der Waals surface area contributed by atoms with E-state index >= 15 is 0 Å². The monoisotopic (exact) mass is 225 g/mol. The van der Waals surface area contributed by atoms with Crippen LogP contribution < -0.4 is 5.32 Å². The van der Waals surface area contributed by atoms with E-state index < -0.39 is 5.97 Å². The third-order valence-electron chi connectivity index (χ3n) is 2.20. The van der Waals surface area contributed by atoms with Crippen LogP contribution in [0.15, 0.2) is 12.5 Å². The van der Waals surface area contributed by atoms with Crippen LogP contribution >= 0.6 is 0 Å². The highest BCUT2D eigenvalue weighted by molar-refractivity contribution is 5.85. The van der Waals surface area contributed by atoms with Crippen LogP contribution in [0.4, 0.5) is 0 Å². The van der Waals surface area contributed by atoms with Gasteiger partial charge in [-0.25, -0.2) is 9.78 Å². The van der Waals surface area contributed by atoms with E-state index in [4.69, 9.17) is 5.11 Å². The number of carboxylic acid groups (broad SMARTS) is 1. The van der Waals surface area contributed by atoms with Gasteiger partial charge in [-0.3, -0.25) is 4.79 Å². The topological polar surface area (TPSA) is 84.2 Å². The molecule has 1 amide bonds. The van der Waals surface area contributed by atoms with Gasteiger partial charge in [0.25, 0.3) is 0 Å².